The Balaban J connectivity index is 2.70. The monoisotopic (exact) mass is 222 g/mol. The van der Waals surface area contributed by atoms with E-state index < -0.39 is 0 Å². The summed E-state index contributed by atoms with van der Waals surface area (Å²) in [6.45, 7) is 1.92. The Hall–Kier alpha value is -1.55. The number of likely N-dealkylation sites (N-methyl/N-ethyl adjacent to an activating group) is 1. The summed E-state index contributed by atoms with van der Waals surface area (Å²) in [5.74, 6) is 0.604. The number of ether oxygens (including phenoxy) is 1. The number of hydrogen-bond acceptors (Lipinski definition) is 3. The molecule has 0 unspecified atom stereocenters. The molecule has 4 heteroatoms. The van der Waals surface area contributed by atoms with Crippen LogP contribution in [0.3, 0.4) is 0 Å². The van der Waals surface area contributed by atoms with Crippen LogP contribution in [0, 0.1) is 0 Å². The van der Waals surface area contributed by atoms with Crippen molar-refractivity contribution in [3.05, 3.63) is 29.8 Å². The van der Waals surface area contributed by atoms with Crippen LogP contribution >= 0.6 is 0 Å². The lowest BCUT2D eigenvalue weighted by molar-refractivity contribution is -0.130. The molecule has 0 aliphatic carbocycles. The summed E-state index contributed by atoms with van der Waals surface area (Å²) in [6.07, 6.45) is 0. The Labute approximate surface area is 96.0 Å². The minimum Gasteiger partial charge on any atom is -0.483 e. The van der Waals surface area contributed by atoms with Crippen molar-refractivity contribution in [1.29, 1.82) is 0 Å². The molecule has 1 aromatic rings. The second-order valence-corrected chi connectivity index (χ2v) is 3.90. The normalized spacial score (nSPS) is 12.0. The topological polar surface area (TPSA) is 55.6 Å². The maximum absolute atomic E-state index is 11.4. The van der Waals surface area contributed by atoms with E-state index in [0.29, 0.717) is 5.75 Å². The summed E-state index contributed by atoms with van der Waals surface area (Å²) in [4.78, 5) is 12.9. The van der Waals surface area contributed by atoms with Crippen molar-refractivity contribution < 1.29 is 9.53 Å². The van der Waals surface area contributed by atoms with Gasteiger partial charge in [0.15, 0.2) is 6.61 Å². The minimum absolute atomic E-state index is 0.0384. The molecule has 1 rings (SSSR count). The van der Waals surface area contributed by atoms with E-state index >= 15 is 0 Å². The predicted octanol–water partition coefficient (Wildman–Crippen LogP) is 1.17. The molecular weight excluding hydrogens is 204 g/mol. The maximum Gasteiger partial charge on any atom is 0.259 e. The van der Waals surface area contributed by atoms with Crippen LogP contribution in [0.15, 0.2) is 24.3 Å². The Morgan fingerprint density at radius 2 is 2.06 bits per heavy atom. The van der Waals surface area contributed by atoms with Crippen LogP contribution in [-0.2, 0) is 4.79 Å². The molecule has 0 aromatic heterocycles. The largest absolute Gasteiger partial charge is 0.483 e. The third-order valence-electron chi connectivity index (χ3n) is 2.26. The predicted molar refractivity (Wildman–Crippen MR) is 63.2 cm³/mol. The van der Waals surface area contributed by atoms with Gasteiger partial charge in [0.1, 0.15) is 5.75 Å². The van der Waals surface area contributed by atoms with Gasteiger partial charge < -0.3 is 15.4 Å². The van der Waals surface area contributed by atoms with Gasteiger partial charge in [-0.1, -0.05) is 18.2 Å². The van der Waals surface area contributed by atoms with E-state index in [-0.39, 0.29) is 18.6 Å². The Kier molecular flexibility index (Phi) is 4.31. The number of carbonyl (C=O) groups is 1. The molecule has 1 atom stereocenters. The van der Waals surface area contributed by atoms with Crippen molar-refractivity contribution in [3.63, 3.8) is 0 Å². The first-order valence-electron chi connectivity index (χ1n) is 5.20. The average Bonchev–Trinajstić information content (AvgIpc) is 2.25. The van der Waals surface area contributed by atoms with Gasteiger partial charge in [0.05, 0.1) is 0 Å². The molecule has 2 N–H and O–H groups in total. The van der Waals surface area contributed by atoms with Gasteiger partial charge in [0.25, 0.3) is 5.91 Å². The van der Waals surface area contributed by atoms with Crippen molar-refractivity contribution >= 4 is 5.91 Å². The molecule has 0 bridgehead atoms. The molecule has 0 aliphatic heterocycles. The summed E-state index contributed by atoms with van der Waals surface area (Å²) in [6, 6.07) is 7.38. The Morgan fingerprint density at radius 1 is 1.44 bits per heavy atom. The maximum atomic E-state index is 11.4. The first kappa shape index (κ1) is 12.5. The SMILES string of the molecule is C[C@H](N)c1ccccc1OCC(=O)N(C)C. The fourth-order valence-corrected chi connectivity index (χ4v) is 1.26. The van der Waals surface area contributed by atoms with Crippen LogP contribution in [0.1, 0.15) is 18.5 Å². The lowest BCUT2D eigenvalue weighted by Gasteiger charge is -2.15. The summed E-state index contributed by atoms with van der Waals surface area (Å²) in [5.41, 5.74) is 6.72. The highest BCUT2D eigenvalue weighted by atomic mass is 16.5. The van der Waals surface area contributed by atoms with Crippen LogP contribution in [0.4, 0.5) is 0 Å². The van der Waals surface area contributed by atoms with Crippen LogP contribution < -0.4 is 10.5 Å². The van der Waals surface area contributed by atoms with Gasteiger partial charge in [0.2, 0.25) is 0 Å². The molecule has 0 saturated heterocycles. The number of hydrogen-bond donors (Lipinski definition) is 1. The first-order chi connectivity index (χ1) is 7.52. The highest BCUT2D eigenvalue weighted by Crippen LogP contribution is 2.22. The van der Waals surface area contributed by atoms with Crippen molar-refractivity contribution in [3.8, 4) is 5.75 Å². The molecule has 0 heterocycles. The zero-order valence-electron chi connectivity index (χ0n) is 9.93. The molecule has 0 aliphatic rings. The van der Waals surface area contributed by atoms with Crippen molar-refractivity contribution in [1.82, 2.24) is 4.90 Å². The minimum atomic E-state index is -0.106. The fraction of sp³-hybridized carbons (Fsp3) is 0.417. The Morgan fingerprint density at radius 3 is 2.62 bits per heavy atom. The summed E-state index contributed by atoms with van der Waals surface area (Å²) >= 11 is 0. The number of rotatable bonds is 4. The van der Waals surface area contributed by atoms with E-state index in [4.69, 9.17) is 10.5 Å². The van der Waals surface area contributed by atoms with Crippen molar-refractivity contribution in [2.75, 3.05) is 20.7 Å². The second-order valence-electron chi connectivity index (χ2n) is 3.90. The highest BCUT2D eigenvalue weighted by molar-refractivity contribution is 5.77. The van der Waals surface area contributed by atoms with E-state index in [2.05, 4.69) is 0 Å². The molecule has 1 aromatic carbocycles. The van der Waals surface area contributed by atoms with Crippen LogP contribution in [0.5, 0.6) is 5.75 Å². The zero-order chi connectivity index (χ0) is 12.1. The lowest BCUT2D eigenvalue weighted by Crippen LogP contribution is -2.27. The van der Waals surface area contributed by atoms with Gasteiger partial charge in [-0.3, -0.25) is 4.79 Å². The van der Waals surface area contributed by atoms with Gasteiger partial charge in [0, 0.05) is 25.7 Å². The van der Waals surface area contributed by atoms with E-state index in [1.165, 1.54) is 4.90 Å². The molecule has 0 radical (unpaired) electrons. The van der Waals surface area contributed by atoms with Crippen LogP contribution in [0.2, 0.25) is 0 Å². The third-order valence-corrected chi connectivity index (χ3v) is 2.26. The Bertz CT molecular complexity index is 362. The number of nitrogens with two attached hydrogens (primary N) is 1. The zero-order valence-corrected chi connectivity index (χ0v) is 9.93. The van der Waals surface area contributed by atoms with Gasteiger partial charge in [-0.15, -0.1) is 0 Å². The second kappa shape index (κ2) is 5.51. The standard InChI is InChI=1S/C12H18N2O2/c1-9(13)10-6-4-5-7-11(10)16-8-12(15)14(2)3/h4-7,9H,8,13H2,1-3H3/t9-/m0/s1. The molecule has 1 amide bonds. The molecule has 88 valence electrons. The average molecular weight is 222 g/mol. The quantitative estimate of drug-likeness (QED) is 0.832. The molecule has 0 spiro atoms. The van der Waals surface area contributed by atoms with Crippen LogP contribution in [-0.4, -0.2) is 31.5 Å². The number of para-hydroxylation sites is 1. The summed E-state index contributed by atoms with van der Waals surface area (Å²) < 4.78 is 5.45. The van der Waals surface area contributed by atoms with Gasteiger partial charge in [-0.2, -0.15) is 0 Å². The number of amides is 1. The smallest absolute Gasteiger partial charge is 0.259 e. The highest BCUT2D eigenvalue weighted by Gasteiger charge is 2.09. The fourth-order valence-electron chi connectivity index (χ4n) is 1.26. The van der Waals surface area contributed by atoms with E-state index in [1.807, 2.05) is 31.2 Å². The summed E-state index contributed by atoms with van der Waals surface area (Å²) in [5, 5.41) is 0. The van der Waals surface area contributed by atoms with Gasteiger partial charge in [-0.25, -0.2) is 0 Å². The number of nitrogens with zero attached hydrogens (tertiary/aromatic N) is 1. The lowest BCUT2D eigenvalue weighted by atomic mass is 10.1. The summed E-state index contributed by atoms with van der Waals surface area (Å²) in [7, 11) is 3.40. The van der Waals surface area contributed by atoms with Crippen molar-refractivity contribution in [2.45, 2.75) is 13.0 Å². The number of carbonyl (C=O) groups excluding carboxylic acids is 1. The van der Waals surface area contributed by atoms with Gasteiger partial charge >= 0.3 is 0 Å². The molecule has 4 nitrogen and oxygen atoms in total. The van der Waals surface area contributed by atoms with E-state index in [9.17, 15) is 4.79 Å². The first-order valence-corrected chi connectivity index (χ1v) is 5.20. The molecule has 16 heavy (non-hydrogen) atoms. The molecule has 0 fully saturated rings. The molecular formula is C12H18N2O2. The van der Waals surface area contributed by atoms with E-state index in [1.54, 1.807) is 14.1 Å². The van der Waals surface area contributed by atoms with Crippen molar-refractivity contribution in [2.24, 2.45) is 5.73 Å². The van der Waals surface area contributed by atoms with Gasteiger partial charge in [-0.05, 0) is 13.0 Å². The van der Waals surface area contributed by atoms with Crippen LogP contribution in [0.25, 0.3) is 0 Å². The number of benzene rings is 1. The van der Waals surface area contributed by atoms with E-state index in [0.717, 1.165) is 5.56 Å². The molecule has 0 saturated carbocycles. The third kappa shape index (κ3) is 3.24.